The van der Waals surface area contributed by atoms with E-state index in [2.05, 4.69) is 114 Å². The van der Waals surface area contributed by atoms with Crippen LogP contribution in [0.2, 0.25) is 0 Å². The summed E-state index contributed by atoms with van der Waals surface area (Å²) in [6, 6.07) is 10.3. The molecule has 0 bridgehead atoms. The number of nitrogens with zero attached hydrogens (tertiary/aromatic N) is 3. The molecule has 0 radical (unpaired) electrons. The molecule has 1 aromatic rings. The summed E-state index contributed by atoms with van der Waals surface area (Å²) < 4.78 is 6.07. The monoisotopic (exact) mass is 656 g/mol. The van der Waals surface area contributed by atoms with Crippen LogP contribution < -0.4 is 10.6 Å². The molecule has 1 saturated heterocycles. The van der Waals surface area contributed by atoms with Crippen molar-refractivity contribution in [3.05, 3.63) is 48.2 Å². The topological polar surface area (TPSA) is 77.2 Å². The molecule has 2 rings (SSSR count). The minimum Gasteiger partial charge on any atom is -0.379 e. The van der Waals surface area contributed by atoms with Crippen LogP contribution in [-0.4, -0.2) is 105 Å². The number of likely N-dealkylation sites (tertiary alicyclic amines) is 1. The fourth-order valence-corrected chi connectivity index (χ4v) is 7.57. The molecule has 8 heteroatoms. The fraction of sp³-hybridized carbons (Fsp3) is 0.744. The first-order valence-electron chi connectivity index (χ1n) is 18.2. The van der Waals surface area contributed by atoms with Gasteiger partial charge in [0, 0.05) is 45.4 Å². The minimum absolute atomic E-state index is 0.0249. The van der Waals surface area contributed by atoms with Crippen LogP contribution in [0.25, 0.3) is 0 Å². The standard InChI is InChI=1S/C39H69N5O3/c1-13-29(6)33(43(11)39(46)36(27(2)3)41-31(8)37(28(4)5)42(9)10)21-22-35(45)44-25-17-20-34(44)38(47-12)30(7)26-40-24-23-32-18-15-14-16-19-32/h14-16,18-19,27-30,33-34,36-38,40-41H,8,13,17,20-26H2,1-7,9-12H3/t29-,30?,33+,34-,36?,37-,38+/m0/s1. The molecule has 2 amide bonds. The average Bonchev–Trinajstić information content (AvgIpc) is 3.51. The zero-order chi connectivity index (χ0) is 35.3. The Labute approximate surface area is 288 Å². The Bertz CT molecular complexity index is 1070. The van der Waals surface area contributed by atoms with Gasteiger partial charge >= 0.3 is 0 Å². The van der Waals surface area contributed by atoms with Crippen LogP contribution in [0.3, 0.4) is 0 Å². The van der Waals surface area contributed by atoms with Gasteiger partial charge in [-0.05, 0) is 75.6 Å². The summed E-state index contributed by atoms with van der Waals surface area (Å²) in [6.07, 6.45) is 4.92. The van der Waals surface area contributed by atoms with E-state index in [0.29, 0.717) is 18.8 Å². The number of likely N-dealkylation sites (N-methyl/N-ethyl adjacent to an activating group) is 2. The lowest BCUT2D eigenvalue weighted by molar-refractivity contribution is -0.139. The van der Waals surface area contributed by atoms with Crippen LogP contribution in [-0.2, 0) is 20.7 Å². The Morgan fingerprint density at radius 3 is 2.23 bits per heavy atom. The molecule has 1 fully saturated rings. The summed E-state index contributed by atoms with van der Waals surface area (Å²) in [6.45, 7) is 22.0. The second-order valence-electron chi connectivity index (χ2n) is 14.9. The molecule has 47 heavy (non-hydrogen) atoms. The van der Waals surface area contributed by atoms with Crippen molar-refractivity contribution in [1.82, 2.24) is 25.3 Å². The van der Waals surface area contributed by atoms with Crippen LogP contribution in [0.15, 0.2) is 42.6 Å². The number of carbonyl (C=O) groups is 2. The van der Waals surface area contributed by atoms with Gasteiger partial charge in [0.05, 0.1) is 18.2 Å². The highest BCUT2D eigenvalue weighted by Crippen LogP contribution is 2.28. The van der Waals surface area contributed by atoms with Gasteiger partial charge in [0.15, 0.2) is 0 Å². The van der Waals surface area contributed by atoms with E-state index in [0.717, 1.165) is 51.0 Å². The van der Waals surface area contributed by atoms with Crippen LogP contribution >= 0.6 is 0 Å². The number of rotatable bonds is 21. The smallest absolute Gasteiger partial charge is 0.245 e. The van der Waals surface area contributed by atoms with Crippen molar-refractivity contribution >= 4 is 11.8 Å². The maximum atomic E-state index is 14.1. The molecule has 1 heterocycles. The Morgan fingerprint density at radius 1 is 1.02 bits per heavy atom. The first kappa shape index (κ1) is 40.8. The van der Waals surface area contributed by atoms with Crippen LogP contribution in [0.5, 0.6) is 0 Å². The van der Waals surface area contributed by atoms with E-state index in [1.54, 1.807) is 7.11 Å². The van der Waals surface area contributed by atoms with Gasteiger partial charge in [-0.2, -0.15) is 0 Å². The molecule has 2 unspecified atom stereocenters. The molecular weight excluding hydrogens is 586 g/mol. The SMILES string of the molecule is C=C(NC(C(=O)N(C)[C@H](CCC(=O)N1CCC[C@H]1[C@H](OC)C(C)CNCCc1ccccc1)[C@@H](C)CC)C(C)C)[C@H](C(C)C)N(C)C. The summed E-state index contributed by atoms with van der Waals surface area (Å²) in [5.74, 6) is 1.21. The van der Waals surface area contributed by atoms with Crippen LogP contribution in [0.1, 0.15) is 86.1 Å². The number of nitrogens with one attached hydrogen (secondary N) is 2. The van der Waals surface area contributed by atoms with Crippen molar-refractivity contribution in [3.63, 3.8) is 0 Å². The van der Waals surface area contributed by atoms with Crippen molar-refractivity contribution in [2.45, 2.75) is 117 Å². The second-order valence-corrected chi connectivity index (χ2v) is 14.9. The first-order valence-corrected chi connectivity index (χ1v) is 18.2. The van der Waals surface area contributed by atoms with Gasteiger partial charge in [-0.3, -0.25) is 9.59 Å². The number of ether oxygens (including phenoxy) is 1. The number of methoxy groups -OCH3 is 1. The predicted molar refractivity (Wildman–Crippen MR) is 196 cm³/mol. The van der Waals surface area contributed by atoms with Gasteiger partial charge < -0.3 is 30.1 Å². The van der Waals surface area contributed by atoms with Crippen molar-refractivity contribution in [2.24, 2.45) is 23.7 Å². The lowest BCUT2D eigenvalue weighted by Crippen LogP contribution is -2.54. The minimum atomic E-state index is -0.385. The molecule has 1 aliphatic heterocycles. The molecule has 0 saturated carbocycles. The number of hydrogen-bond acceptors (Lipinski definition) is 6. The van der Waals surface area contributed by atoms with Crippen LogP contribution in [0.4, 0.5) is 0 Å². The highest BCUT2D eigenvalue weighted by Gasteiger charge is 2.38. The molecular formula is C39H69N5O3. The Kier molecular flexibility index (Phi) is 17.5. The maximum Gasteiger partial charge on any atom is 0.245 e. The Hall–Kier alpha value is -2.42. The van der Waals surface area contributed by atoms with Gasteiger partial charge in [0.1, 0.15) is 6.04 Å². The Balaban J connectivity index is 2.06. The number of amides is 2. The van der Waals surface area contributed by atoms with Gasteiger partial charge in [-0.1, -0.05) is 91.8 Å². The maximum absolute atomic E-state index is 14.1. The highest BCUT2D eigenvalue weighted by atomic mass is 16.5. The van der Waals surface area contributed by atoms with Crippen molar-refractivity contribution < 1.29 is 14.3 Å². The Morgan fingerprint density at radius 2 is 1.68 bits per heavy atom. The third-order valence-corrected chi connectivity index (χ3v) is 10.3. The third kappa shape index (κ3) is 11.9. The quantitative estimate of drug-likeness (QED) is 0.163. The van der Waals surface area contributed by atoms with E-state index in [1.807, 2.05) is 18.0 Å². The van der Waals surface area contributed by atoms with Gasteiger partial charge in [0.2, 0.25) is 11.8 Å². The zero-order valence-electron chi connectivity index (χ0n) is 31.7. The lowest BCUT2D eigenvalue weighted by Gasteiger charge is -2.39. The summed E-state index contributed by atoms with van der Waals surface area (Å²) in [5, 5.41) is 7.13. The molecule has 1 aliphatic rings. The summed E-state index contributed by atoms with van der Waals surface area (Å²) in [7, 11) is 7.80. The molecule has 2 N–H and O–H groups in total. The summed E-state index contributed by atoms with van der Waals surface area (Å²) in [5.41, 5.74) is 2.20. The number of carbonyl (C=O) groups excluding carboxylic acids is 2. The van der Waals surface area contributed by atoms with Crippen molar-refractivity contribution in [1.29, 1.82) is 0 Å². The van der Waals surface area contributed by atoms with Gasteiger partial charge in [0.25, 0.3) is 0 Å². The first-order chi connectivity index (χ1) is 22.2. The summed E-state index contributed by atoms with van der Waals surface area (Å²) in [4.78, 5) is 34.1. The fourth-order valence-electron chi connectivity index (χ4n) is 7.57. The normalized spacial score (nSPS) is 19.0. The summed E-state index contributed by atoms with van der Waals surface area (Å²) >= 11 is 0. The van der Waals surface area contributed by atoms with E-state index in [4.69, 9.17) is 4.74 Å². The van der Waals surface area contributed by atoms with E-state index in [9.17, 15) is 9.59 Å². The van der Waals surface area contributed by atoms with Crippen molar-refractivity contribution in [2.75, 3.05) is 47.9 Å². The molecule has 268 valence electrons. The van der Waals surface area contributed by atoms with E-state index in [1.165, 1.54) is 5.56 Å². The molecule has 1 aromatic carbocycles. The largest absolute Gasteiger partial charge is 0.379 e. The van der Waals surface area contributed by atoms with Crippen molar-refractivity contribution in [3.8, 4) is 0 Å². The molecule has 0 aliphatic carbocycles. The lowest BCUT2D eigenvalue weighted by atomic mass is 9.91. The molecule has 7 atom stereocenters. The van der Waals surface area contributed by atoms with E-state index in [-0.39, 0.29) is 59.8 Å². The van der Waals surface area contributed by atoms with Crippen LogP contribution in [0, 0.1) is 23.7 Å². The van der Waals surface area contributed by atoms with E-state index < -0.39 is 0 Å². The molecule has 0 aromatic heterocycles. The second kappa shape index (κ2) is 20.2. The number of benzene rings is 1. The number of hydrogen-bond donors (Lipinski definition) is 2. The molecule has 0 spiro atoms. The highest BCUT2D eigenvalue weighted by molar-refractivity contribution is 5.83. The van der Waals surface area contributed by atoms with Gasteiger partial charge in [-0.25, -0.2) is 0 Å². The van der Waals surface area contributed by atoms with Gasteiger partial charge in [-0.15, -0.1) is 0 Å². The zero-order valence-corrected chi connectivity index (χ0v) is 31.7. The van der Waals surface area contributed by atoms with E-state index >= 15 is 0 Å². The molecule has 8 nitrogen and oxygen atoms in total. The third-order valence-electron chi connectivity index (χ3n) is 10.3. The average molecular weight is 656 g/mol. The predicted octanol–water partition coefficient (Wildman–Crippen LogP) is 5.83.